The molecule has 0 spiro atoms. The predicted octanol–water partition coefficient (Wildman–Crippen LogP) is 3.17. The maximum atomic E-state index is 5.74. The van der Waals surface area contributed by atoms with E-state index < -0.39 is 0 Å². The Labute approximate surface area is 93.7 Å². The zero-order chi connectivity index (χ0) is 11.1. The van der Waals surface area contributed by atoms with Gasteiger partial charge in [0.1, 0.15) is 0 Å². The topological polar surface area (TPSA) is 18.5 Å². The molecule has 1 rings (SSSR count). The average Bonchev–Trinajstić information content (AvgIpc) is 2.66. The molecule has 0 aromatic rings. The van der Waals surface area contributed by atoms with E-state index in [4.69, 9.17) is 9.47 Å². The minimum absolute atomic E-state index is 0.435. The highest BCUT2D eigenvalue weighted by molar-refractivity contribution is 4.97. The molecule has 1 aliphatic rings. The van der Waals surface area contributed by atoms with Gasteiger partial charge in [-0.25, -0.2) is 0 Å². The fraction of sp³-hybridized carbons (Fsp3) is 0.846. The van der Waals surface area contributed by atoms with Gasteiger partial charge in [-0.05, 0) is 31.6 Å². The van der Waals surface area contributed by atoms with Gasteiger partial charge in [0.15, 0.2) is 0 Å². The van der Waals surface area contributed by atoms with E-state index in [1.165, 1.54) is 18.4 Å². The van der Waals surface area contributed by atoms with Crippen LogP contribution in [0.5, 0.6) is 0 Å². The van der Waals surface area contributed by atoms with Gasteiger partial charge in [0.25, 0.3) is 0 Å². The zero-order valence-corrected chi connectivity index (χ0v) is 10.1. The fourth-order valence-corrected chi connectivity index (χ4v) is 2.10. The van der Waals surface area contributed by atoms with Gasteiger partial charge in [-0.2, -0.15) is 0 Å². The zero-order valence-electron chi connectivity index (χ0n) is 10.1. The summed E-state index contributed by atoms with van der Waals surface area (Å²) in [7, 11) is 1.74. The van der Waals surface area contributed by atoms with Gasteiger partial charge >= 0.3 is 0 Å². The lowest BCUT2D eigenvalue weighted by Gasteiger charge is -2.11. The first kappa shape index (κ1) is 12.7. The van der Waals surface area contributed by atoms with E-state index in [0.717, 1.165) is 38.4 Å². The van der Waals surface area contributed by atoms with Crippen LogP contribution in [-0.4, -0.2) is 26.4 Å². The Hall–Kier alpha value is -0.340. The minimum Gasteiger partial charge on any atom is -0.385 e. The number of hydrogen-bond acceptors (Lipinski definition) is 2. The molecule has 88 valence electrons. The van der Waals surface area contributed by atoms with Crippen molar-refractivity contribution >= 4 is 0 Å². The van der Waals surface area contributed by atoms with Gasteiger partial charge < -0.3 is 9.47 Å². The number of hydrogen-bond donors (Lipinski definition) is 0. The molecule has 2 atom stereocenters. The summed E-state index contributed by atoms with van der Waals surface area (Å²) in [6, 6.07) is 0. The van der Waals surface area contributed by atoms with Crippen LogP contribution in [0, 0.1) is 5.92 Å². The lowest BCUT2D eigenvalue weighted by molar-refractivity contribution is 0.106. The van der Waals surface area contributed by atoms with Crippen LogP contribution < -0.4 is 0 Å². The molecule has 0 aromatic heterocycles. The molecule has 15 heavy (non-hydrogen) atoms. The number of ether oxygens (including phenoxy) is 2. The van der Waals surface area contributed by atoms with E-state index in [-0.39, 0.29) is 0 Å². The van der Waals surface area contributed by atoms with Crippen molar-refractivity contribution in [2.24, 2.45) is 5.92 Å². The van der Waals surface area contributed by atoms with E-state index in [0.29, 0.717) is 6.10 Å². The first-order valence-corrected chi connectivity index (χ1v) is 6.03. The molecular formula is C13H24O2. The highest BCUT2D eigenvalue weighted by Gasteiger charge is 2.24. The SMILES string of the molecule is C=C(CCCOC)CC1CC(CC)CO1. The van der Waals surface area contributed by atoms with Crippen LogP contribution in [0.3, 0.4) is 0 Å². The Balaban J connectivity index is 2.10. The summed E-state index contributed by atoms with van der Waals surface area (Å²) in [5, 5.41) is 0. The summed E-state index contributed by atoms with van der Waals surface area (Å²) < 4.78 is 10.8. The van der Waals surface area contributed by atoms with Crippen LogP contribution in [0.4, 0.5) is 0 Å². The summed E-state index contributed by atoms with van der Waals surface area (Å²) in [4.78, 5) is 0. The van der Waals surface area contributed by atoms with Crippen molar-refractivity contribution in [3.8, 4) is 0 Å². The standard InChI is InChI=1S/C13H24O2/c1-4-12-9-13(15-10-12)8-11(2)6-5-7-14-3/h12-13H,2,4-10H2,1,3H3. The second-order valence-electron chi connectivity index (χ2n) is 4.52. The third-order valence-electron chi connectivity index (χ3n) is 3.14. The smallest absolute Gasteiger partial charge is 0.0615 e. The second-order valence-corrected chi connectivity index (χ2v) is 4.52. The summed E-state index contributed by atoms with van der Waals surface area (Å²) in [5.74, 6) is 0.779. The van der Waals surface area contributed by atoms with Crippen LogP contribution >= 0.6 is 0 Å². The molecule has 0 N–H and O–H groups in total. The van der Waals surface area contributed by atoms with Crippen LogP contribution in [0.1, 0.15) is 39.0 Å². The molecule has 0 bridgehead atoms. The molecule has 0 saturated carbocycles. The van der Waals surface area contributed by atoms with Crippen LogP contribution in [-0.2, 0) is 9.47 Å². The molecule has 2 nitrogen and oxygen atoms in total. The van der Waals surface area contributed by atoms with E-state index >= 15 is 0 Å². The maximum absolute atomic E-state index is 5.74. The first-order valence-electron chi connectivity index (χ1n) is 6.03. The van der Waals surface area contributed by atoms with Gasteiger partial charge in [0.05, 0.1) is 6.10 Å². The Morgan fingerprint density at radius 2 is 2.33 bits per heavy atom. The van der Waals surface area contributed by atoms with Gasteiger partial charge in [-0.3, -0.25) is 0 Å². The van der Waals surface area contributed by atoms with Crippen molar-refractivity contribution < 1.29 is 9.47 Å². The Morgan fingerprint density at radius 3 is 2.93 bits per heavy atom. The van der Waals surface area contributed by atoms with E-state index in [9.17, 15) is 0 Å². The van der Waals surface area contributed by atoms with Crippen LogP contribution in [0.15, 0.2) is 12.2 Å². The summed E-state index contributed by atoms with van der Waals surface area (Å²) in [5.41, 5.74) is 1.31. The van der Waals surface area contributed by atoms with Crippen LogP contribution in [0.25, 0.3) is 0 Å². The van der Waals surface area contributed by atoms with Crippen molar-refractivity contribution in [2.45, 2.75) is 45.1 Å². The Morgan fingerprint density at radius 1 is 1.53 bits per heavy atom. The second kappa shape index (κ2) is 7.02. The number of methoxy groups -OCH3 is 1. The lowest BCUT2D eigenvalue weighted by atomic mass is 9.98. The van der Waals surface area contributed by atoms with E-state index in [1.807, 2.05) is 0 Å². The first-order chi connectivity index (χ1) is 7.26. The summed E-state index contributed by atoms with van der Waals surface area (Å²) in [6.45, 7) is 8.13. The van der Waals surface area contributed by atoms with Gasteiger partial charge in [-0.15, -0.1) is 0 Å². The van der Waals surface area contributed by atoms with Crippen molar-refractivity contribution in [3.63, 3.8) is 0 Å². The largest absolute Gasteiger partial charge is 0.385 e. The van der Waals surface area contributed by atoms with Gasteiger partial charge in [0, 0.05) is 20.3 Å². The van der Waals surface area contributed by atoms with E-state index in [1.54, 1.807) is 7.11 Å². The minimum atomic E-state index is 0.435. The van der Waals surface area contributed by atoms with E-state index in [2.05, 4.69) is 13.5 Å². The maximum Gasteiger partial charge on any atom is 0.0615 e. The molecule has 1 heterocycles. The lowest BCUT2D eigenvalue weighted by Crippen LogP contribution is -2.06. The molecule has 1 fully saturated rings. The third-order valence-corrected chi connectivity index (χ3v) is 3.14. The number of rotatable bonds is 7. The quantitative estimate of drug-likeness (QED) is 0.476. The predicted molar refractivity (Wildman–Crippen MR) is 63.0 cm³/mol. The van der Waals surface area contributed by atoms with Crippen LogP contribution in [0.2, 0.25) is 0 Å². The Bertz CT molecular complexity index is 189. The molecule has 0 amide bonds. The van der Waals surface area contributed by atoms with Crippen molar-refractivity contribution in [1.29, 1.82) is 0 Å². The third kappa shape index (κ3) is 4.80. The molecule has 1 saturated heterocycles. The average molecular weight is 212 g/mol. The highest BCUT2D eigenvalue weighted by Crippen LogP contribution is 2.27. The molecule has 0 aliphatic carbocycles. The highest BCUT2D eigenvalue weighted by atomic mass is 16.5. The molecule has 0 radical (unpaired) electrons. The molecule has 2 heteroatoms. The van der Waals surface area contributed by atoms with Crippen molar-refractivity contribution in [3.05, 3.63) is 12.2 Å². The fourth-order valence-electron chi connectivity index (χ4n) is 2.10. The van der Waals surface area contributed by atoms with Gasteiger partial charge in [0.2, 0.25) is 0 Å². The molecular weight excluding hydrogens is 188 g/mol. The summed E-state index contributed by atoms with van der Waals surface area (Å²) >= 11 is 0. The molecule has 1 aliphatic heterocycles. The van der Waals surface area contributed by atoms with Crippen molar-refractivity contribution in [2.75, 3.05) is 20.3 Å². The normalized spacial score (nSPS) is 25.7. The summed E-state index contributed by atoms with van der Waals surface area (Å²) in [6.07, 6.45) is 6.10. The molecule has 0 aromatic carbocycles. The monoisotopic (exact) mass is 212 g/mol. The van der Waals surface area contributed by atoms with Crippen molar-refractivity contribution in [1.82, 2.24) is 0 Å². The van der Waals surface area contributed by atoms with Gasteiger partial charge in [-0.1, -0.05) is 25.5 Å². The molecule has 2 unspecified atom stereocenters. The Kier molecular flexibility index (Phi) is 5.96.